The molecule has 0 radical (unpaired) electrons. The number of urea groups is 1. The lowest BCUT2D eigenvalue weighted by Gasteiger charge is -2.17. The molecule has 0 saturated carbocycles. The van der Waals surface area contributed by atoms with Crippen LogP contribution in [0.1, 0.15) is 55.2 Å². The Kier molecular flexibility index (Phi) is 8.05. The van der Waals surface area contributed by atoms with Gasteiger partial charge in [-0.15, -0.1) is 10.2 Å². The zero-order valence-corrected chi connectivity index (χ0v) is 21.6. The molecule has 0 aliphatic heterocycles. The van der Waals surface area contributed by atoms with Gasteiger partial charge < -0.3 is 10.6 Å². The summed E-state index contributed by atoms with van der Waals surface area (Å²) < 4.78 is 15.2. The van der Waals surface area contributed by atoms with Gasteiger partial charge in [0.05, 0.1) is 6.04 Å². The van der Waals surface area contributed by atoms with E-state index in [-0.39, 0.29) is 11.8 Å². The number of benzene rings is 3. The van der Waals surface area contributed by atoms with Crippen LogP contribution in [0, 0.1) is 12.7 Å². The van der Waals surface area contributed by atoms with Gasteiger partial charge >= 0.3 is 6.03 Å². The maximum atomic E-state index is 13.3. The van der Waals surface area contributed by atoms with E-state index < -0.39 is 6.04 Å². The second kappa shape index (κ2) is 11.4. The number of rotatable bonds is 8. The van der Waals surface area contributed by atoms with Crippen molar-refractivity contribution in [1.29, 1.82) is 0 Å². The topological polar surface area (TPSA) is 71.8 Å². The lowest BCUT2D eigenvalue weighted by Crippen LogP contribution is -2.32. The third-order valence-electron chi connectivity index (χ3n) is 5.80. The van der Waals surface area contributed by atoms with Crippen LogP contribution in [-0.4, -0.2) is 20.8 Å². The van der Waals surface area contributed by atoms with Gasteiger partial charge in [0.25, 0.3) is 0 Å². The fourth-order valence-corrected chi connectivity index (χ4v) is 4.61. The van der Waals surface area contributed by atoms with Crippen LogP contribution in [-0.2, 0) is 5.75 Å². The molecule has 1 heterocycles. The highest BCUT2D eigenvalue weighted by molar-refractivity contribution is 7.98. The van der Waals surface area contributed by atoms with Gasteiger partial charge in [0.2, 0.25) is 0 Å². The van der Waals surface area contributed by atoms with Gasteiger partial charge in [-0.2, -0.15) is 0 Å². The molecule has 1 aromatic heterocycles. The number of anilines is 1. The second-order valence-corrected chi connectivity index (χ2v) is 9.97. The lowest BCUT2D eigenvalue weighted by atomic mass is 10.0. The number of carbonyl (C=O) groups is 1. The van der Waals surface area contributed by atoms with Crippen LogP contribution in [0.3, 0.4) is 0 Å². The van der Waals surface area contributed by atoms with Crippen molar-refractivity contribution in [2.45, 2.75) is 50.6 Å². The molecule has 6 nitrogen and oxygen atoms in total. The van der Waals surface area contributed by atoms with E-state index in [0.717, 1.165) is 22.5 Å². The van der Waals surface area contributed by atoms with Crippen molar-refractivity contribution < 1.29 is 9.18 Å². The second-order valence-electron chi connectivity index (χ2n) is 9.02. The molecule has 0 aliphatic carbocycles. The number of nitrogens with one attached hydrogen (secondary N) is 2. The summed E-state index contributed by atoms with van der Waals surface area (Å²) in [5.74, 6) is 1.39. The number of nitrogens with zero attached hydrogens (tertiary/aromatic N) is 3. The molecule has 0 fully saturated rings. The highest BCUT2D eigenvalue weighted by atomic mass is 32.2. The summed E-state index contributed by atoms with van der Waals surface area (Å²) >= 11 is 1.51. The van der Waals surface area contributed by atoms with Crippen molar-refractivity contribution in [3.05, 3.63) is 101 Å². The summed E-state index contributed by atoms with van der Waals surface area (Å²) in [5, 5.41) is 15.4. The zero-order chi connectivity index (χ0) is 25.7. The van der Waals surface area contributed by atoms with Crippen LogP contribution in [0.25, 0.3) is 5.69 Å². The number of amides is 2. The van der Waals surface area contributed by atoms with Crippen molar-refractivity contribution in [3.8, 4) is 5.69 Å². The third kappa shape index (κ3) is 6.31. The van der Waals surface area contributed by atoms with Crippen molar-refractivity contribution in [1.82, 2.24) is 20.1 Å². The predicted octanol–water partition coefficient (Wildman–Crippen LogP) is 7.01. The van der Waals surface area contributed by atoms with Gasteiger partial charge in [0, 0.05) is 17.1 Å². The Hall–Kier alpha value is -3.65. The first-order valence-electron chi connectivity index (χ1n) is 11.9. The highest BCUT2D eigenvalue weighted by Gasteiger charge is 2.21. The first kappa shape index (κ1) is 25.4. The molecule has 3 aromatic carbocycles. The van der Waals surface area contributed by atoms with Gasteiger partial charge in [0.15, 0.2) is 11.0 Å². The molecule has 0 aliphatic rings. The first-order valence-corrected chi connectivity index (χ1v) is 12.9. The average molecular weight is 504 g/mol. The van der Waals surface area contributed by atoms with E-state index >= 15 is 0 Å². The molecule has 2 amide bonds. The van der Waals surface area contributed by atoms with Gasteiger partial charge in [0.1, 0.15) is 5.82 Å². The standard InChI is InChI=1S/C28H30FN5OS/c1-18(2)22-9-13-24(14-10-22)31-27(35)30-20(4)26-32-33-28(34(26)25-15-5-19(3)6-16-25)36-17-21-7-11-23(29)12-8-21/h5-16,18,20H,17H2,1-4H3,(H2,30,31,35). The summed E-state index contributed by atoms with van der Waals surface area (Å²) in [5.41, 5.74) is 4.96. The largest absolute Gasteiger partial charge is 0.328 e. The molecule has 4 rings (SSSR count). The summed E-state index contributed by atoms with van der Waals surface area (Å²) in [7, 11) is 0. The molecular weight excluding hydrogens is 473 g/mol. The third-order valence-corrected chi connectivity index (χ3v) is 6.80. The van der Waals surface area contributed by atoms with Gasteiger partial charge in [-0.1, -0.05) is 67.6 Å². The first-order chi connectivity index (χ1) is 17.3. The zero-order valence-electron chi connectivity index (χ0n) is 20.8. The van der Waals surface area contributed by atoms with Gasteiger partial charge in [-0.05, 0) is 67.3 Å². The SMILES string of the molecule is Cc1ccc(-n2c(SCc3ccc(F)cc3)nnc2C(C)NC(=O)Nc2ccc(C(C)C)cc2)cc1. The average Bonchev–Trinajstić information content (AvgIpc) is 3.28. The normalized spacial score (nSPS) is 11.9. The number of carbonyl (C=O) groups excluding carboxylic acids is 1. The van der Waals surface area contributed by atoms with Crippen LogP contribution >= 0.6 is 11.8 Å². The molecular formula is C28H30FN5OS. The quantitative estimate of drug-likeness (QED) is 0.254. The number of hydrogen-bond donors (Lipinski definition) is 2. The highest BCUT2D eigenvalue weighted by Crippen LogP contribution is 2.28. The van der Waals surface area contributed by atoms with E-state index in [2.05, 4.69) is 34.7 Å². The number of halogens is 1. The Morgan fingerprint density at radius 2 is 1.61 bits per heavy atom. The summed E-state index contributed by atoms with van der Waals surface area (Å²) in [4.78, 5) is 12.7. The van der Waals surface area contributed by atoms with Crippen LogP contribution in [0.4, 0.5) is 14.9 Å². The molecule has 2 N–H and O–H groups in total. The molecule has 36 heavy (non-hydrogen) atoms. The Labute approximate surface area is 215 Å². The van der Waals surface area contributed by atoms with Crippen LogP contribution < -0.4 is 10.6 Å². The fourth-order valence-electron chi connectivity index (χ4n) is 3.70. The summed E-state index contributed by atoms with van der Waals surface area (Å²) in [6.07, 6.45) is 0. The van der Waals surface area contributed by atoms with Crippen molar-refractivity contribution in [3.63, 3.8) is 0 Å². The van der Waals surface area contributed by atoms with Gasteiger partial charge in [-0.25, -0.2) is 9.18 Å². The summed E-state index contributed by atoms with van der Waals surface area (Å²) in [6.45, 7) is 8.17. The van der Waals surface area contributed by atoms with Crippen molar-refractivity contribution in [2.75, 3.05) is 5.32 Å². The molecule has 186 valence electrons. The minimum atomic E-state index is -0.408. The van der Waals surface area contributed by atoms with E-state index in [9.17, 15) is 9.18 Å². The Balaban J connectivity index is 1.52. The molecule has 0 spiro atoms. The molecule has 0 bridgehead atoms. The van der Waals surface area contributed by atoms with Crippen molar-refractivity contribution in [2.24, 2.45) is 0 Å². The molecule has 1 atom stereocenters. The van der Waals surface area contributed by atoms with Crippen LogP contribution in [0.5, 0.6) is 0 Å². The minimum absolute atomic E-state index is 0.261. The molecule has 0 saturated heterocycles. The molecule has 8 heteroatoms. The minimum Gasteiger partial charge on any atom is -0.328 e. The van der Waals surface area contributed by atoms with E-state index in [1.54, 1.807) is 12.1 Å². The van der Waals surface area contributed by atoms with E-state index in [4.69, 9.17) is 0 Å². The monoisotopic (exact) mass is 503 g/mol. The maximum Gasteiger partial charge on any atom is 0.319 e. The fraction of sp³-hybridized carbons (Fsp3) is 0.250. The van der Waals surface area contributed by atoms with E-state index in [1.165, 1.54) is 29.5 Å². The number of hydrogen-bond acceptors (Lipinski definition) is 4. The summed E-state index contributed by atoms with van der Waals surface area (Å²) in [6, 6.07) is 21.6. The number of thioether (sulfide) groups is 1. The van der Waals surface area contributed by atoms with Crippen molar-refractivity contribution >= 4 is 23.5 Å². The number of aromatic nitrogens is 3. The van der Waals surface area contributed by atoms with Crippen LogP contribution in [0.2, 0.25) is 0 Å². The lowest BCUT2D eigenvalue weighted by molar-refractivity contribution is 0.249. The van der Waals surface area contributed by atoms with E-state index in [0.29, 0.717) is 22.7 Å². The smallest absolute Gasteiger partial charge is 0.319 e. The Morgan fingerprint density at radius 1 is 0.944 bits per heavy atom. The maximum absolute atomic E-state index is 13.3. The van der Waals surface area contributed by atoms with Crippen LogP contribution in [0.15, 0.2) is 78.0 Å². The number of aryl methyl sites for hydroxylation is 1. The Bertz CT molecular complexity index is 1300. The van der Waals surface area contributed by atoms with Gasteiger partial charge in [-0.3, -0.25) is 4.57 Å². The van der Waals surface area contributed by atoms with E-state index in [1.807, 2.05) is 66.9 Å². The molecule has 4 aromatic rings. The Morgan fingerprint density at radius 3 is 2.25 bits per heavy atom. The molecule has 1 unspecified atom stereocenters. The predicted molar refractivity (Wildman–Crippen MR) is 143 cm³/mol.